The Kier molecular flexibility index (Phi) is 8.04. The lowest BCUT2D eigenvalue weighted by Gasteiger charge is -2.28. The van der Waals surface area contributed by atoms with Crippen LogP contribution in [0.1, 0.15) is 5.56 Å². The summed E-state index contributed by atoms with van der Waals surface area (Å²) < 4.78 is 0. The monoisotopic (exact) mass is 593 g/mol. The van der Waals surface area contributed by atoms with Crippen molar-refractivity contribution in [3.8, 4) is 22.3 Å². The van der Waals surface area contributed by atoms with Crippen molar-refractivity contribution in [3.05, 3.63) is 188 Å². The number of hydrogen-bond acceptors (Lipinski definition) is 3. The molecule has 0 atom stereocenters. The maximum atomic E-state index is 6.05. The molecule has 3 nitrogen and oxygen atoms in total. The molecule has 7 aromatic rings. The van der Waals surface area contributed by atoms with E-state index >= 15 is 0 Å². The quantitative estimate of drug-likeness (QED) is 0.178. The van der Waals surface area contributed by atoms with Gasteiger partial charge in [-0.05, 0) is 114 Å². The second-order valence-electron chi connectivity index (χ2n) is 11.4. The summed E-state index contributed by atoms with van der Waals surface area (Å²) in [6, 6.07) is 64.0. The van der Waals surface area contributed by atoms with Crippen molar-refractivity contribution in [2.24, 2.45) is 0 Å². The van der Waals surface area contributed by atoms with Gasteiger partial charge in [0.2, 0.25) is 0 Å². The smallest absolute Gasteiger partial charge is 0.0463 e. The number of rotatable bonds is 8. The topological polar surface area (TPSA) is 32.5 Å². The van der Waals surface area contributed by atoms with E-state index in [4.69, 9.17) is 5.73 Å². The Bertz CT molecular complexity index is 1870. The molecule has 0 amide bonds. The molecule has 0 saturated heterocycles. The first-order valence-corrected chi connectivity index (χ1v) is 15.6. The fourth-order valence-electron chi connectivity index (χ4n) is 5.83. The van der Waals surface area contributed by atoms with E-state index in [2.05, 4.69) is 187 Å². The third-order valence-corrected chi connectivity index (χ3v) is 8.27. The van der Waals surface area contributed by atoms with Gasteiger partial charge in [0.15, 0.2) is 0 Å². The number of nitrogens with zero attached hydrogens (tertiary/aromatic N) is 2. The third-order valence-electron chi connectivity index (χ3n) is 8.27. The van der Waals surface area contributed by atoms with Gasteiger partial charge in [-0.3, -0.25) is 0 Å². The van der Waals surface area contributed by atoms with Crippen LogP contribution in [0.2, 0.25) is 0 Å². The summed E-state index contributed by atoms with van der Waals surface area (Å²) in [5, 5.41) is 0. The van der Waals surface area contributed by atoms with Crippen molar-refractivity contribution in [2.45, 2.75) is 6.92 Å². The van der Waals surface area contributed by atoms with E-state index in [0.29, 0.717) is 0 Å². The summed E-state index contributed by atoms with van der Waals surface area (Å²) in [5.41, 5.74) is 19.3. The normalized spacial score (nSPS) is 10.8. The predicted molar refractivity (Wildman–Crippen MR) is 196 cm³/mol. The lowest BCUT2D eigenvalue weighted by molar-refractivity contribution is 1.25. The van der Waals surface area contributed by atoms with Crippen LogP contribution in [-0.2, 0) is 0 Å². The van der Waals surface area contributed by atoms with Crippen LogP contribution >= 0.6 is 0 Å². The van der Waals surface area contributed by atoms with E-state index < -0.39 is 0 Å². The van der Waals surface area contributed by atoms with Gasteiger partial charge < -0.3 is 15.5 Å². The number of nitrogen functional groups attached to an aromatic ring is 1. The molecule has 0 aliphatic heterocycles. The van der Waals surface area contributed by atoms with Crippen molar-refractivity contribution in [1.29, 1.82) is 0 Å². The SMILES string of the molecule is Cc1ccc(N(c2ccc(N)cc2)c2ccc(N(c3ccc(-c4ccccc4)cc3)c3ccc(-c4ccccc4)cc3)cc2)cc1. The van der Waals surface area contributed by atoms with Gasteiger partial charge in [-0.1, -0.05) is 103 Å². The molecule has 0 aliphatic rings. The van der Waals surface area contributed by atoms with E-state index in [1.807, 2.05) is 12.1 Å². The Balaban J connectivity index is 1.28. The Morgan fingerprint density at radius 2 is 0.565 bits per heavy atom. The molecule has 0 aromatic heterocycles. The van der Waals surface area contributed by atoms with Crippen LogP contribution in [-0.4, -0.2) is 0 Å². The zero-order valence-corrected chi connectivity index (χ0v) is 25.8. The van der Waals surface area contributed by atoms with Crippen molar-refractivity contribution in [1.82, 2.24) is 0 Å². The summed E-state index contributed by atoms with van der Waals surface area (Å²) in [6.07, 6.45) is 0. The van der Waals surface area contributed by atoms with Gasteiger partial charge in [0.05, 0.1) is 0 Å². The summed E-state index contributed by atoms with van der Waals surface area (Å²) in [4.78, 5) is 4.57. The molecule has 0 fully saturated rings. The van der Waals surface area contributed by atoms with Gasteiger partial charge in [0.25, 0.3) is 0 Å². The average molecular weight is 594 g/mol. The molecule has 0 bridgehead atoms. The third kappa shape index (κ3) is 6.12. The molecule has 46 heavy (non-hydrogen) atoms. The highest BCUT2D eigenvalue weighted by Gasteiger charge is 2.16. The maximum absolute atomic E-state index is 6.05. The van der Waals surface area contributed by atoms with Crippen molar-refractivity contribution >= 4 is 39.8 Å². The van der Waals surface area contributed by atoms with Crippen LogP contribution in [0.4, 0.5) is 39.8 Å². The van der Waals surface area contributed by atoms with Crippen LogP contribution < -0.4 is 15.5 Å². The fraction of sp³-hybridized carbons (Fsp3) is 0.0233. The van der Waals surface area contributed by atoms with Gasteiger partial charge in [-0.25, -0.2) is 0 Å². The molecule has 0 heterocycles. The minimum atomic E-state index is 0.746. The maximum Gasteiger partial charge on any atom is 0.0463 e. The van der Waals surface area contributed by atoms with Gasteiger partial charge in [-0.2, -0.15) is 0 Å². The molecule has 2 N–H and O–H groups in total. The number of nitrogens with two attached hydrogens (primary N) is 1. The van der Waals surface area contributed by atoms with Gasteiger partial charge in [0.1, 0.15) is 0 Å². The minimum absolute atomic E-state index is 0.746. The van der Waals surface area contributed by atoms with Crippen molar-refractivity contribution in [3.63, 3.8) is 0 Å². The molecular weight excluding hydrogens is 558 g/mol. The Morgan fingerprint density at radius 3 is 0.913 bits per heavy atom. The van der Waals surface area contributed by atoms with Gasteiger partial charge >= 0.3 is 0 Å². The molecule has 0 radical (unpaired) electrons. The first-order chi connectivity index (χ1) is 22.6. The predicted octanol–water partition coefficient (Wildman–Crippen LogP) is 11.9. The zero-order valence-electron chi connectivity index (χ0n) is 25.8. The second kappa shape index (κ2) is 12.9. The summed E-state index contributed by atoms with van der Waals surface area (Å²) in [6.45, 7) is 2.11. The summed E-state index contributed by atoms with van der Waals surface area (Å²) >= 11 is 0. The number of aryl methyl sites for hydroxylation is 1. The van der Waals surface area contributed by atoms with Crippen LogP contribution in [0.3, 0.4) is 0 Å². The van der Waals surface area contributed by atoms with Crippen LogP contribution in [0, 0.1) is 6.92 Å². The van der Waals surface area contributed by atoms with Gasteiger partial charge in [-0.15, -0.1) is 0 Å². The Morgan fingerprint density at radius 1 is 0.304 bits per heavy atom. The standard InChI is InChI=1S/C43H35N3/c1-32-12-20-38(21-13-32)45(41-26-18-37(44)19-27-41)42-28-30-43(31-29-42)46(39-22-14-35(15-23-39)33-8-4-2-5-9-33)40-24-16-36(17-25-40)34-10-6-3-7-11-34/h2-31H,44H2,1H3. The molecule has 7 rings (SSSR count). The summed E-state index contributed by atoms with van der Waals surface area (Å²) in [7, 11) is 0. The number of hydrogen-bond donors (Lipinski definition) is 1. The lowest BCUT2D eigenvalue weighted by atomic mass is 10.0. The van der Waals surface area contributed by atoms with E-state index in [9.17, 15) is 0 Å². The van der Waals surface area contributed by atoms with Crippen LogP contribution in [0.5, 0.6) is 0 Å². The molecule has 0 spiro atoms. The Hall–Kier alpha value is -6.06. The highest BCUT2D eigenvalue weighted by molar-refractivity contribution is 5.83. The Labute approximate surface area is 271 Å². The lowest BCUT2D eigenvalue weighted by Crippen LogP contribution is -2.12. The molecule has 0 saturated carbocycles. The van der Waals surface area contributed by atoms with Crippen molar-refractivity contribution < 1.29 is 0 Å². The van der Waals surface area contributed by atoms with Crippen molar-refractivity contribution in [2.75, 3.05) is 15.5 Å². The van der Waals surface area contributed by atoms with Crippen LogP contribution in [0.25, 0.3) is 22.3 Å². The van der Waals surface area contributed by atoms with E-state index in [0.717, 1.165) is 39.8 Å². The minimum Gasteiger partial charge on any atom is -0.399 e. The highest BCUT2D eigenvalue weighted by atomic mass is 15.2. The largest absolute Gasteiger partial charge is 0.399 e. The zero-order chi connectivity index (χ0) is 31.3. The van der Waals surface area contributed by atoms with E-state index in [1.165, 1.54) is 27.8 Å². The van der Waals surface area contributed by atoms with E-state index in [1.54, 1.807) is 0 Å². The highest BCUT2D eigenvalue weighted by Crippen LogP contribution is 2.40. The van der Waals surface area contributed by atoms with Gasteiger partial charge in [0, 0.05) is 39.8 Å². The first-order valence-electron chi connectivity index (χ1n) is 15.6. The summed E-state index contributed by atoms with van der Waals surface area (Å²) in [5.74, 6) is 0. The van der Waals surface area contributed by atoms with E-state index in [-0.39, 0.29) is 0 Å². The molecule has 3 heteroatoms. The number of benzene rings is 7. The number of anilines is 7. The molecular formula is C43H35N3. The molecule has 0 aliphatic carbocycles. The fourth-order valence-corrected chi connectivity index (χ4v) is 5.83. The molecule has 0 unspecified atom stereocenters. The molecule has 7 aromatic carbocycles. The molecule has 222 valence electrons. The average Bonchev–Trinajstić information content (AvgIpc) is 3.12. The van der Waals surface area contributed by atoms with Crippen LogP contribution in [0.15, 0.2) is 182 Å². The first kappa shape index (κ1) is 28.7. The second-order valence-corrected chi connectivity index (χ2v) is 11.4.